The smallest absolute Gasteiger partial charge is 0.260 e. The maximum absolute atomic E-state index is 12.9. The highest BCUT2D eigenvalue weighted by atomic mass is 35.5. The van der Waals surface area contributed by atoms with Crippen molar-refractivity contribution in [1.29, 1.82) is 0 Å². The van der Waals surface area contributed by atoms with E-state index in [-0.39, 0.29) is 18.0 Å². The first kappa shape index (κ1) is 13.3. The van der Waals surface area contributed by atoms with Gasteiger partial charge >= 0.3 is 0 Å². The predicted molar refractivity (Wildman–Crippen MR) is 58.4 cm³/mol. The molecule has 1 aromatic rings. The van der Waals surface area contributed by atoms with E-state index in [2.05, 4.69) is 5.32 Å². The summed E-state index contributed by atoms with van der Waals surface area (Å²) in [6.07, 6.45) is -0.218. The van der Waals surface area contributed by atoms with Gasteiger partial charge in [0.1, 0.15) is 5.82 Å². The molecule has 1 N–H and O–H groups in total. The molecule has 1 rings (SSSR count). The van der Waals surface area contributed by atoms with Gasteiger partial charge in [-0.1, -0.05) is 18.5 Å². The summed E-state index contributed by atoms with van der Waals surface area (Å²) in [4.78, 5) is 0. The van der Waals surface area contributed by atoms with Crippen LogP contribution in [0.5, 0.6) is 0 Å². The third-order valence-electron chi connectivity index (χ3n) is 2.15. The SMILES string of the molecule is CCC(F)(F)CNCc1cc(F)cc(Cl)c1. The minimum atomic E-state index is -2.73. The Hall–Kier alpha value is -0.740. The van der Waals surface area contributed by atoms with Crippen LogP contribution in [0.2, 0.25) is 5.02 Å². The van der Waals surface area contributed by atoms with Gasteiger partial charge in [-0.2, -0.15) is 0 Å². The second-order valence-electron chi connectivity index (χ2n) is 3.59. The molecule has 0 aliphatic heterocycles. The fourth-order valence-electron chi connectivity index (χ4n) is 1.23. The molecule has 1 nitrogen and oxygen atoms in total. The minimum Gasteiger partial charge on any atom is -0.307 e. The standard InChI is InChI=1S/C11H13ClF3N/c1-2-11(14,15)7-16-6-8-3-9(12)5-10(13)4-8/h3-5,16H,2,6-7H2,1H3. The van der Waals surface area contributed by atoms with Gasteiger partial charge in [0.15, 0.2) is 0 Å². The predicted octanol–water partition coefficient (Wildman–Crippen LogP) is 3.61. The molecule has 0 amide bonds. The van der Waals surface area contributed by atoms with Gasteiger partial charge in [-0.05, 0) is 23.8 Å². The molecule has 0 radical (unpaired) electrons. The number of hydrogen-bond acceptors (Lipinski definition) is 1. The van der Waals surface area contributed by atoms with Crippen LogP contribution in [0.4, 0.5) is 13.2 Å². The van der Waals surface area contributed by atoms with Gasteiger partial charge in [0, 0.05) is 18.0 Å². The Balaban J connectivity index is 2.49. The van der Waals surface area contributed by atoms with Crippen LogP contribution < -0.4 is 5.32 Å². The number of benzene rings is 1. The zero-order chi connectivity index (χ0) is 12.2. The van der Waals surface area contributed by atoms with E-state index in [4.69, 9.17) is 11.6 Å². The molecule has 0 fully saturated rings. The van der Waals surface area contributed by atoms with Crippen molar-refractivity contribution in [3.63, 3.8) is 0 Å². The van der Waals surface area contributed by atoms with Crippen LogP contribution >= 0.6 is 11.6 Å². The van der Waals surface area contributed by atoms with Crippen molar-refractivity contribution in [2.75, 3.05) is 6.54 Å². The minimum absolute atomic E-state index is 0.174. The fraction of sp³-hybridized carbons (Fsp3) is 0.455. The van der Waals surface area contributed by atoms with E-state index >= 15 is 0 Å². The largest absolute Gasteiger partial charge is 0.307 e. The lowest BCUT2D eigenvalue weighted by atomic mass is 10.2. The first-order valence-electron chi connectivity index (χ1n) is 4.96. The third-order valence-corrected chi connectivity index (χ3v) is 2.37. The summed E-state index contributed by atoms with van der Waals surface area (Å²) in [5.74, 6) is -3.19. The molecule has 0 bridgehead atoms. The molecular formula is C11H13ClF3N. The normalized spacial score (nSPS) is 11.8. The number of hydrogen-bond donors (Lipinski definition) is 1. The molecule has 0 unspecified atom stereocenters. The number of alkyl halides is 2. The average Bonchev–Trinajstić information content (AvgIpc) is 2.16. The molecule has 5 heteroatoms. The highest BCUT2D eigenvalue weighted by Crippen LogP contribution is 2.17. The second kappa shape index (κ2) is 5.55. The molecule has 0 aliphatic carbocycles. The molecular weight excluding hydrogens is 239 g/mol. The van der Waals surface area contributed by atoms with E-state index in [0.29, 0.717) is 5.56 Å². The summed E-state index contributed by atoms with van der Waals surface area (Å²) in [5, 5.41) is 2.84. The van der Waals surface area contributed by atoms with Gasteiger partial charge < -0.3 is 5.32 Å². The molecule has 1 aromatic carbocycles. The number of nitrogens with one attached hydrogen (secondary N) is 1. The summed E-state index contributed by atoms with van der Waals surface area (Å²) in [6, 6.07) is 3.98. The summed E-state index contributed by atoms with van der Waals surface area (Å²) in [7, 11) is 0. The monoisotopic (exact) mass is 251 g/mol. The topological polar surface area (TPSA) is 12.0 Å². The van der Waals surface area contributed by atoms with Crippen LogP contribution in [0.3, 0.4) is 0 Å². The van der Waals surface area contributed by atoms with E-state index in [1.54, 1.807) is 6.07 Å². The van der Waals surface area contributed by atoms with Gasteiger partial charge in [-0.25, -0.2) is 13.2 Å². The van der Waals surface area contributed by atoms with E-state index in [0.717, 1.165) is 0 Å². The quantitative estimate of drug-likeness (QED) is 0.843. The van der Waals surface area contributed by atoms with Crippen LogP contribution in [0.25, 0.3) is 0 Å². The van der Waals surface area contributed by atoms with Crippen LogP contribution in [-0.2, 0) is 6.54 Å². The lowest BCUT2D eigenvalue weighted by Gasteiger charge is -2.14. The summed E-state index contributed by atoms with van der Waals surface area (Å²) >= 11 is 5.63. The van der Waals surface area contributed by atoms with E-state index in [1.165, 1.54) is 19.1 Å². The highest BCUT2D eigenvalue weighted by Gasteiger charge is 2.24. The van der Waals surface area contributed by atoms with Crippen molar-refractivity contribution in [1.82, 2.24) is 5.32 Å². The lowest BCUT2D eigenvalue weighted by molar-refractivity contribution is -0.00186. The molecule has 0 heterocycles. The van der Waals surface area contributed by atoms with E-state index in [9.17, 15) is 13.2 Å². The Kier molecular flexibility index (Phi) is 4.62. The van der Waals surface area contributed by atoms with Gasteiger partial charge in [-0.15, -0.1) is 0 Å². The zero-order valence-corrected chi connectivity index (χ0v) is 9.62. The Morgan fingerprint density at radius 3 is 2.56 bits per heavy atom. The number of halogens is 4. The summed E-state index contributed by atoms with van der Waals surface area (Å²) in [5.41, 5.74) is 0.553. The van der Waals surface area contributed by atoms with Crippen molar-refractivity contribution in [2.45, 2.75) is 25.8 Å². The van der Waals surface area contributed by atoms with Crippen molar-refractivity contribution in [2.24, 2.45) is 0 Å². The summed E-state index contributed by atoms with van der Waals surface area (Å²) in [6.45, 7) is 1.17. The van der Waals surface area contributed by atoms with Crippen LogP contribution in [0, 0.1) is 5.82 Å². The molecule has 90 valence electrons. The Bertz CT molecular complexity index is 335. The van der Waals surface area contributed by atoms with Crippen molar-refractivity contribution in [3.05, 3.63) is 34.6 Å². The zero-order valence-electron chi connectivity index (χ0n) is 8.87. The molecule has 0 spiro atoms. The highest BCUT2D eigenvalue weighted by molar-refractivity contribution is 6.30. The average molecular weight is 252 g/mol. The van der Waals surface area contributed by atoms with Gasteiger partial charge in [0.05, 0.1) is 6.54 Å². The maximum atomic E-state index is 12.9. The fourth-order valence-corrected chi connectivity index (χ4v) is 1.47. The molecule has 16 heavy (non-hydrogen) atoms. The molecule has 0 aliphatic rings. The molecule has 0 saturated heterocycles. The summed E-state index contributed by atoms with van der Waals surface area (Å²) < 4.78 is 38.6. The Labute approximate surface area is 97.6 Å². The van der Waals surface area contributed by atoms with Crippen LogP contribution in [-0.4, -0.2) is 12.5 Å². The third kappa shape index (κ3) is 4.41. The van der Waals surface area contributed by atoms with Crippen molar-refractivity contribution >= 4 is 11.6 Å². The second-order valence-corrected chi connectivity index (χ2v) is 4.03. The first-order chi connectivity index (χ1) is 7.43. The van der Waals surface area contributed by atoms with Crippen molar-refractivity contribution in [3.8, 4) is 0 Å². The Morgan fingerprint density at radius 2 is 2.00 bits per heavy atom. The Morgan fingerprint density at radius 1 is 1.31 bits per heavy atom. The van der Waals surface area contributed by atoms with E-state index in [1.807, 2.05) is 0 Å². The van der Waals surface area contributed by atoms with Gasteiger partial charge in [0.2, 0.25) is 0 Å². The molecule has 0 saturated carbocycles. The lowest BCUT2D eigenvalue weighted by Crippen LogP contribution is -2.31. The first-order valence-corrected chi connectivity index (χ1v) is 5.34. The van der Waals surface area contributed by atoms with Crippen LogP contribution in [0.15, 0.2) is 18.2 Å². The van der Waals surface area contributed by atoms with Gasteiger partial charge in [0.25, 0.3) is 5.92 Å². The molecule has 0 atom stereocenters. The van der Waals surface area contributed by atoms with E-state index < -0.39 is 18.3 Å². The number of rotatable bonds is 5. The van der Waals surface area contributed by atoms with Crippen molar-refractivity contribution < 1.29 is 13.2 Å². The van der Waals surface area contributed by atoms with Crippen LogP contribution in [0.1, 0.15) is 18.9 Å². The maximum Gasteiger partial charge on any atom is 0.260 e. The van der Waals surface area contributed by atoms with Gasteiger partial charge in [-0.3, -0.25) is 0 Å². The molecule has 0 aromatic heterocycles.